The van der Waals surface area contributed by atoms with Crippen molar-refractivity contribution in [2.45, 2.75) is 45.4 Å². The predicted molar refractivity (Wildman–Crippen MR) is 87.4 cm³/mol. The molecule has 0 saturated carbocycles. The fourth-order valence-corrected chi connectivity index (χ4v) is 3.29. The highest BCUT2D eigenvalue weighted by molar-refractivity contribution is 5.85. The van der Waals surface area contributed by atoms with Crippen LogP contribution in [0.3, 0.4) is 0 Å². The first-order chi connectivity index (χ1) is 10.9. The number of carbonyl (C=O) groups is 2. The molecule has 1 aliphatic rings. The molecule has 2 atom stereocenters. The van der Waals surface area contributed by atoms with Gasteiger partial charge in [-0.05, 0) is 48.8 Å². The SMILES string of the molecule is CC(C)C[C@H](CNC(=O)[C@H]1CCCc2c(O)cccc21)C(=O)O. The summed E-state index contributed by atoms with van der Waals surface area (Å²) >= 11 is 0. The van der Waals surface area contributed by atoms with Crippen molar-refractivity contribution in [3.05, 3.63) is 29.3 Å². The summed E-state index contributed by atoms with van der Waals surface area (Å²) in [6, 6.07) is 5.27. The third kappa shape index (κ3) is 4.24. The third-order valence-electron chi connectivity index (χ3n) is 4.43. The van der Waals surface area contributed by atoms with Gasteiger partial charge in [-0.3, -0.25) is 9.59 Å². The molecule has 2 rings (SSSR count). The lowest BCUT2D eigenvalue weighted by Gasteiger charge is -2.26. The number of phenols is 1. The van der Waals surface area contributed by atoms with E-state index in [0.717, 1.165) is 30.4 Å². The van der Waals surface area contributed by atoms with Crippen molar-refractivity contribution < 1.29 is 19.8 Å². The topological polar surface area (TPSA) is 86.6 Å². The van der Waals surface area contributed by atoms with Crippen molar-refractivity contribution in [1.29, 1.82) is 0 Å². The van der Waals surface area contributed by atoms with Gasteiger partial charge in [-0.15, -0.1) is 0 Å². The van der Waals surface area contributed by atoms with Crippen molar-refractivity contribution in [3.63, 3.8) is 0 Å². The first-order valence-electron chi connectivity index (χ1n) is 8.21. The number of phenolic OH excluding ortho intramolecular Hbond substituents is 1. The van der Waals surface area contributed by atoms with Crippen LogP contribution in [0, 0.1) is 11.8 Å². The van der Waals surface area contributed by atoms with Gasteiger partial charge in [0.15, 0.2) is 0 Å². The normalized spacial score (nSPS) is 18.3. The molecular weight excluding hydrogens is 294 g/mol. The molecule has 0 fully saturated rings. The van der Waals surface area contributed by atoms with Gasteiger partial charge in [0.25, 0.3) is 0 Å². The maximum absolute atomic E-state index is 12.5. The molecule has 23 heavy (non-hydrogen) atoms. The van der Waals surface area contributed by atoms with Gasteiger partial charge < -0.3 is 15.5 Å². The van der Waals surface area contributed by atoms with Gasteiger partial charge in [0.05, 0.1) is 11.8 Å². The third-order valence-corrected chi connectivity index (χ3v) is 4.43. The van der Waals surface area contributed by atoms with Crippen molar-refractivity contribution in [1.82, 2.24) is 5.32 Å². The van der Waals surface area contributed by atoms with E-state index in [-0.39, 0.29) is 30.0 Å². The number of carbonyl (C=O) groups excluding carboxylic acids is 1. The lowest BCUT2D eigenvalue weighted by atomic mass is 9.81. The summed E-state index contributed by atoms with van der Waals surface area (Å²) in [5.74, 6) is -1.39. The van der Waals surface area contributed by atoms with Crippen molar-refractivity contribution >= 4 is 11.9 Å². The Morgan fingerprint density at radius 3 is 2.74 bits per heavy atom. The second-order valence-electron chi connectivity index (χ2n) is 6.70. The largest absolute Gasteiger partial charge is 0.508 e. The summed E-state index contributed by atoms with van der Waals surface area (Å²) in [5.41, 5.74) is 1.71. The van der Waals surface area contributed by atoms with Crippen LogP contribution in [0.2, 0.25) is 0 Å². The predicted octanol–water partition coefficient (Wildman–Crippen LogP) is 2.68. The first kappa shape index (κ1) is 17.3. The summed E-state index contributed by atoms with van der Waals surface area (Å²) < 4.78 is 0. The van der Waals surface area contributed by atoms with Gasteiger partial charge in [0.2, 0.25) is 5.91 Å². The number of rotatable bonds is 6. The highest BCUT2D eigenvalue weighted by atomic mass is 16.4. The van der Waals surface area contributed by atoms with Crippen LogP contribution >= 0.6 is 0 Å². The number of carboxylic acids is 1. The zero-order chi connectivity index (χ0) is 17.0. The molecule has 0 unspecified atom stereocenters. The number of amides is 1. The maximum atomic E-state index is 12.5. The van der Waals surface area contributed by atoms with E-state index in [1.807, 2.05) is 19.9 Å². The van der Waals surface area contributed by atoms with E-state index in [2.05, 4.69) is 5.32 Å². The maximum Gasteiger partial charge on any atom is 0.308 e. The average molecular weight is 319 g/mol. The van der Waals surface area contributed by atoms with Crippen LogP contribution in [0.1, 0.15) is 50.2 Å². The van der Waals surface area contributed by atoms with E-state index in [0.29, 0.717) is 6.42 Å². The number of carboxylic acid groups (broad SMARTS) is 1. The molecule has 0 aliphatic heterocycles. The fourth-order valence-electron chi connectivity index (χ4n) is 3.29. The summed E-state index contributed by atoms with van der Waals surface area (Å²) in [7, 11) is 0. The Morgan fingerprint density at radius 1 is 1.35 bits per heavy atom. The number of benzene rings is 1. The molecule has 0 radical (unpaired) electrons. The standard InChI is InChI=1S/C18H25NO4/c1-11(2)9-12(18(22)23)10-19-17(21)15-7-3-6-14-13(15)5-4-8-16(14)20/h4-5,8,11-12,15,20H,3,6-7,9-10H2,1-2H3,(H,19,21)(H,22,23)/t12-,15+/m1/s1. The van der Waals surface area contributed by atoms with Crippen molar-refractivity contribution in [3.8, 4) is 5.75 Å². The van der Waals surface area contributed by atoms with Gasteiger partial charge in [-0.1, -0.05) is 26.0 Å². The van der Waals surface area contributed by atoms with Crippen LogP contribution in [0.4, 0.5) is 0 Å². The van der Waals surface area contributed by atoms with E-state index in [1.54, 1.807) is 12.1 Å². The van der Waals surface area contributed by atoms with Crippen LogP contribution in [0.5, 0.6) is 5.75 Å². The Labute approximate surface area is 136 Å². The molecule has 0 bridgehead atoms. The summed E-state index contributed by atoms with van der Waals surface area (Å²) in [6.45, 7) is 4.09. The molecular formula is C18H25NO4. The van der Waals surface area contributed by atoms with Crippen LogP contribution in [0.25, 0.3) is 0 Å². The smallest absolute Gasteiger partial charge is 0.308 e. The molecule has 1 aromatic carbocycles. The summed E-state index contributed by atoms with van der Waals surface area (Å²) in [5, 5.41) is 22.0. The summed E-state index contributed by atoms with van der Waals surface area (Å²) in [4.78, 5) is 23.8. The van der Waals surface area contributed by atoms with Crippen LogP contribution < -0.4 is 5.32 Å². The van der Waals surface area contributed by atoms with Gasteiger partial charge in [0, 0.05) is 6.54 Å². The molecule has 1 aliphatic carbocycles. The van der Waals surface area contributed by atoms with Crippen LogP contribution in [-0.4, -0.2) is 28.6 Å². The Kier molecular flexibility index (Phi) is 5.64. The lowest BCUT2D eigenvalue weighted by molar-refractivity contribution is -0.142. The Balaban J connectivity index is 2.05. The number of aliphatic carboxylic acids is 1. The molecule has 5 heteroatoms. The summed E-state index contributed by atoms with van der Waals surface area (Å²) in [6.07, 6.45) is 2.88. The average Bonchev–Trinajstić information content (AvgIpc) is 2.50. The van der Waals surface area contributed by atoms with E-state index in [4.69, 9.17) is 0 Å². The molecule has 0 spiro atoms. The molecule has 5 nitrogen and oxygen atoms in total. The second kappa shape index (κ2) is 7.49. The minimum Gasteiger partial charge on any atom is -0.508 e. The molecule has 1 amide bonds. The van der Waals surface area contributed by atoms with E-state index in [9.17, 15) is 19.8 Å². The van der Waals surface area contributed by atoms with Crippen LogP contribution in [-0.2, 0) is 16.0 Å². The van der Waals surface area contributed by atoms with E-state index < -0.39 is 11.9 Å². The van der Waals surface area contributed by atoms with Gasteiger partial charge in [-0.2, -0.15) is 0 Å². The highest BCUT2D eigenvalue weighted by Gasteiger charge is 2.29. The van der Waals surface area contributed by atoms with Gasteiger partial charge in [0.1, 0.15) is 5.75 Å². The zero-order valence-electron chi connectivity index (χ0n) is 13.7. The quantitative estimate of drug-likeness (QED) is 0.752. The highest BCUT2D eigenvalue weighted by Crippen LogP contribution is 2.36. The van der Waals surface area contributed by atoms with E-state index in [1.165, 1.54) is 0 Å². The van der Waals surface area contributed by atoms with Gasteiger partial charge >= 0.3 is 5.97 Å². The fraction of sp³-hybridized carbons (Fsp3) is 0.556. The van der Waals surface area contributed by atoms with Crippen molar-refractivity contribution in [2.75, 3.05) is 6.54 Å². The number of aromatic hydroxyl groups is 1. The van der Waals surface area contributed by atoms with Crippen molar-refractivity contribution in [2.24, 2.45) is 11.8 Å². The number of hydrogen-bond donors (Lipinski definition) is 3. The molecule has 126 valence electrons. The van der Waals surface area contributed by atoms with Crippen LogP contribution in [0.15, 0.2) is 18.2 Å². The Bertz CT molecular complexity index is 582. The second-order valence-corrected chi connectivity index (χ2v) is 6.70. The first-order valence-corrected chi connectivity index (χ1v) is 8.21. The lowest BCUT2D eigenvalue weighted by Crippen LogP contribution is -2.37. The van der Waals surface area contributed by atoms with E-state index >= 15 is 0 Å². The number of fused-ring (bicyclic) bond motifs is 1. The van der Waals surface area contributed by atoms with Gasteiger partial charge in [-0.25, -0.2) is 0 Å². The number of hydrogen-bond acceptors (Lipinski definition) is 3. The molecule has 0 heterocycles. The molecule has 0 aromatic heterocycles. The Morgan fingerprint density at radius 2 is 2.09 bits per heavy atom. The minimum atomic E-state index is -0.874. The molecule has 0 saturated heterocycles. The molecule has 1 aromatic rings. The minimum absolute atomic E-state index is 0.147. The number of nitrogens with one attached hydrogen (secondary N) is 1. The monoisotopic (exact) mass is 319 g/mol. The Hall–Kier alpha value is -2.04. The zero-order valence-corrected chi connectivity index (χ0v) is 13.7. The molecule has 3 N–H and O–H groups in total.